The van der Waals surface area contributed by atoms with E-state index in [1.807, 2.05) is 24.3 Å². The molecular weight excluding hydrogens is 320 g/mol. The second-order valence-electron chi connectivity index (χ2n) is 4.34. The fourth-order valence-corrected chi connectivity index (χ4v) is 2.11. The molecule has 1 aromatic heterocycles. The molecule has 3 rings (SSSR count). The van der Waals surface area contributed by atoms with Crippen molar-refractivity contribution >= 4 is 33.5 Å². The van der Waals surface area contributed by atoms with E-state index < -0.39 is 0 Å². The third kappa shape index (κ3) is 2.58. The van der Waals surface area contributed by atoms with E-state index in [4.69, 9.17) is 0 Å². The van der Waals surface area contributed by atoms with Crippen molar-refractivity contribution < 1.29 is 9.90 Å². The van der Waals surface area contributed by atoms with Gasteiger partial charge in [0, 0.05) is 17.8 Å². The molecule has 0 aliphatic heterocycles. The summed E-state index contributed by atoms with van der Waals surface area (Å²) < 4.78 is 1.68. The first-order valence-corrected chi connectivity index (χ1v) is 5.95. The molecule has 1 heterocycles. The van der Waals surface area contributed by atoms with Gasteiger partial charge in [-0.1, -0.05) is 30.3 Å². The number of halogens is 1. The van der Waals surface area contributed by atoms with E-state index >= 15 is 0 Å². The zero-order chi connectivity index (χ0) is 13.2. The van der Waals surface area contributed by atoms with Crippen molar-refractivity contribution in [1.29, 1.82) is 0 Å². The zero-order valence-corrected chi connectivity index (χ0v) is 12.3. The number of rotatable bonds is 3. The van der Waals surface area contributed by atoms with Crippen LogP contribution in [0.25, 0.3) is 10.8 Å². The van der Waals surface area contributed by atoms with Gasteiger partial charge in [0.1, 0.15) is 5.75 Å². The molecule has 102 valence electrons. The highest BCUT2D eigenvalue weighted by molar-refractivity contribution is 8.93. The fraction of sp³-hybridized carbons (Fsp3) is 0.0667. The van der Waals surface area contributed by atoms with E-state index in [-0.39, 0.29) is 35.1 Å². The predicted octanol–water partition coefficient (Wildman–Crippen LogP) is 3.20. The van der Waals surface area contributed by atoms with Crippen LogP contribution in [-0.4, -0.2) is 20.4 Å². The number of Topliss-reactive ketones (excluding diaryl/α,β-unsaturated/α-hetero) is 1. The van der Waals surface area contributed by atoms with Crippen LogP contribution >= 0.6 is 17.0 Å². The van der Waals surface area contributed by atoms with Gasteiger partial charge in [-0.15, -0.1) is 17.0 Å². The molecule has 0 bridgehead atoms. The molecule has 1 N–H and O–H groups in total. The molecular formula is C15H13BrN2O2. The van der Waals surface area contributed by atoms with Crippen LogP contribution in [0.5, 0.6) is 5.75 Å². The van der Waals surface area contributed by atoms with Gasteiger partial charge in [0.25, 0.3) is 0 Å². The summed E-state index contributed by atoms with van der Waals surface area (Å²) in [4.78, 5) is 16.1. The molecule has 0 unspecified atom stereocenters. The summed E-state index contributed by atoms with van der Waals surface area (Å²) in [6.07, 6.45) is 4.92. The van der Waals surface area contributed by atoms with Gasteiger partial charge >= 0.3 is 0 Å². The van der Waals surface area contributed by atoms with Crippen LogP contribution in [0.4, 0.5) is 0 Å². The summed E-state index contributed by atoms with van der Waals surface area (Å²) in [5, 5.41) is 11.8. The number of ketones is 1. The highest BCUT2D eigenvalue weighted by atomic mass is 79.9. The number of phenolic OH excluding ortho intramolecular Hbond substituents is 1. The molecule has 0 saturated carbocycles. The van der Waals surface area contributed by atoms with E-state index in [9.17, 15) is 9.90 Å². The smallest absolute Gasteiger partial charge is 0.186 e. The Morgan fingerprint density at radius 2 is 2.00 bits per heavy atom. The zero-order valence-electron chi connectivity index (χ0n) is 10.6. The SMILES string of the molecule is Br.O=C(Cn1ccnc1)c1ccc2ccccc2c1O. The van der Waals surface area contributed by atoms with Crippen molar-refractivity contribution in [1.82, 2.24) is 9.55 Å². The highest BCUT2D eigenvalue weighted by Crippen LogP contribution is 2.28. The van der Waals surface area contributed by atoms with Crippen LogP contribution < -0.4 is 0 Å². The van der Waals surface area contributed by atoms with E-state index in [1.165, 1.54) is 0 Å². The number of aromatic nitrogens is 2. The number of hydrogen-bond donors (Lipinski definition) is 1. The van der Waals surface area contributed by atoms with Gasteiger partial charge in [-0.05, 0) is 11.5 Å². The van der Waals surface area contributed by atoms with Gasteiger partial charge in [0.2, 0.25) is 0 Å². The van der Waals surface area contributed by atoms with Crippen LogP contribution in [0.15, 0.2) is 55.1 Å². The van der Waals surface area contributed by atoms with Crippen LogP contribution in [0.2, 0.25) is 0 Å². The van der Waals surface area contributed by atoms with Gasteiger partial charge in [-0.3, -0.25) is 4.79 Å². The molecule has 5 heteroatoms. The Morgan fingerprint density at radius 3 is 2.75 bits per heavy atom. The van der Waals surface area contributed by atoms with Crippen molar-refractivity contribution in [3.63, 3.8) is 0 Å². The van der Waals surface area contributed by atoms with E-state index in [2.05, 4.69) is 4.98 Å². The summed E-state index contributed by atoms with van der Waals surface area (Å²) in [5.41, 5.74) is 0.340. The van der Waals surface area contributed by atoms with Gasteiger partial charge in [0.05, 0.1) is 18.4 Å². The predicted molar refractivity (Wildman–Crippen MR) is 82.5 cm³/mol. The molecule has 0 radical (unpaired) electrons. The molecule has 0 saturated heterocycles. The molecule has 0 amide bonds. The number of fused-ring (bicyclic) bond motifs is 1. The first kappa shape index (κ1) is 14.3. The van der Waals surface area contributed by atoms with E-state index in [0.717, 1.165) is 5.39 Å². The second-order valence-corrected chi connectivity index (χ2v) is 4.34. The van der Waals surface area contributed by atoms with Gasteiger partial charge in [0.15, 0.2) is 5.78 Å². The number of hydrogen-bond acceptors (Lipinski definition) is 3. The van der Waals surface area contributed by atoms with Crippen molar-refractivity contribution in [3.8, 4) is 5.75 Å². The summed E-state index contributed by atoms with van der Waals surface area (Å²) in [6.45, 7) is 0.173. The minimum absolute atomic E-state index is 0. The number of benzene rings is 2. The number of nitrogens with zero attached hydrogens (tertiary/aromatic N) is 2. The minimum Gasteiger partial charge on any atom is -0.507 e. The standard InChI is InChI=1S/C15H12N2O2.BrH/c18-14(9-17-8-7-16-10-17)13-6-5-11-3-1-2-4-12(11)15(13)19;/h1-8,10,19H,9H2;1H. The molecule has 0 atom stereocenters. The fourth-order valence-electron chi connectivity index (χ4n) is 2.11. The Morgan fingerprint density at radius 1 is 1.20 bits per heavy atom. The van der Waals surface area contributed by atoms with E-state index in [1.54, 1.807) is 35.4 Å². The Balaban J connectivity index is 0.00000147. The Hall–Kier alpha value is -2.14. The third-order valence-electron chi connectivity index (χ3n) is 3.09. The molecule has 0 spiro atoms. The third-order valence-corrected chi connectivity index (χ3v) is 3.09. The largest absolute Gasteiger partial charge is 0.507 e. The summed E-state index contributed by atoms with van der Waals surface area (Å²) in [7, 11) is 0. The molecule has 0 fully saturated rings. The van der Waals surface area contributed by atoms with Gasteiger partial charge in [-0.2, -0.15) is 0 Å². The Labute approximate surface area is 126 Å². The average molecular weight is 333 g/mol. The lowest BCUT2D eigenvalue weighted by molar-refractivity contribution is 0.0970. The quantitative estimate of drug-likeness (QED) is 0.749. The molecule has 0 aliphatic carbocycles. The number of aromatic hydroxyl groups is 1. The lowest BCUT2D eigenvalue weighted by atomic mass is 10.0. The van der Waals surface area contributed by atoms with Gasteiger partial charge in [-0.25, -0.2) is 4.98 Å². The molecule has 0 aliphatic rings. The van der Waals surface area contributed by atoms with Crippen LogP contribution in [0.1, 0.15) is 10.4 Å². The highest BCUT2D eigenvalue weighted by Gasteiger charge is 2.13. The second kappa shape index (κ2) is 5.88. The summed E-state index contributed by atoms with van der Waals surface area (Å²) >= 11 is 0. The molecule has 3 aromatic rings. The van der Waals surface area contributed by atoms with E-state index in [0.29, 0.717) is 10.9 Å². The topological polar surface area (TPSA) is 55.1 Å². The lowest BCUT2D eigenvalue weighted by Gasteiger charge is -2.07. The van der Waals surface area contributed by atoms with Crippen molar-refractivity contribution in [3.05, 3.63) is 60.7 Å². The number of phenols is 1. The van der Waals surface area contributed by atoms with Crippen LogP contribution in [-0.2, 0) is 6.54 Å². The first-order valence-electron chi connectivity index (χ1n) is 5.95. The monoisotopic (exact) mass is 332 g/mol. The Bertz CT molecular complexity index is 739. The molecule has 4 nitrogen and oxygen atoms in total. The van der Waals surface area contributed by atoms with Gasteiger partial charge < -0.3 is 9.67 Å². The Kier molecular flexibility index (Phi) is 4.20. The summed E-state index contributed by atoms with van der Waals surface area (Å²) in [6, 6.07) is 11.0. The van der Waals surface area contributed by atoms with Crippen LogP contribution in [0.3, 0.4) is 0 Å². The number of carbonyl (C=O) groups excluding carboxylic acids is 1. The van der Waals surface area contributed by atoms with Crippen LogP contribution in [0, 0.1) is 0 Å². The average Bonchev–Trinajstić information content (AvgIpc) is 2.92. The van der Waals surface area contributed by atoms with Crippen molar-refractivity contribution in [2.24, 2.45) is 0 Å². The lowest BCUT2D eigenvalue weighted by Crippen LogP contribution is -2.09. The minimum atomic E-state index is -0.138. The number of imidazole rings is 1. The van der Waals surface area contributed by atoms with Crippen molar-refractivity contribution in [2.75, 3.05) is 0 Å². The maximum absolute atomic E-state index is 12.2. The maximum atomic E-state index is 12.2. The van der Waals surface area contributed by atoms with Crippen molar-refractivity contribution in [2.45, 2.75) is 6.54 Å². The summed E-state index contributed by atoms with van der Waals surface area (Å²) in [5.74, 6) is -0.0931. The molecule has 20 heavy (non-hydrogen) atoms. The molecule has 2 aromatic carbocycles. The maximum Gasteiger partial charge on any atom is 0.186 e. The number of carbonyl (C=O) groups is 1. The first-order chi connectivity index (χ1) is 9.25. The normalized spacial score (nSPS) is 10.2.